The van der Waals surface area contributed by atoms with E-state index in [4.69, 9.17) is 9.47 Å². The van der Waals surface area contributed by atoms with Gasteiger partial charge in [0.2, 0.25) is 0 Å². The van der Waals surface area contributed by atoms with Crippen LogP contribution in [-0.4, -0.2) is 29.4 Å². The van der Waals surface area contributed by atoms with Crippen molar-refractivity contribution in [1.82, 2.24) is 0 Å². The molecule has 0 spiro atoms. The number of hydrogen-bond acceptors (Lipinski definition) is 4. The molecule has 1 saturated heterocycles. The molecular weight excluding hydrogens is 424 g/mol. The fraction of sp³-hybridized carbons (Fsp3) is 0.500. The second-order valence-electron chi connectivity index (χ2n) is 10.1. The van der Waals surface area contributed by atoms with Gasteiger partial charge in [-0.3, -0.25) is 4.79 Å². The highest BCUT2D eigenvalue weighted by molar-refractivity contribution is 5.71. The highest BCUT2D eigenvalue weighted by Crippen LogP contribution is 2.41. The van der Waals surface area contributed by atoms with Crippen LogP contribution in [0.15, 0.2) is 42.5 Å². The first-order chi connectivity index (χ1) is 16.3. The second-order valence-corrected chi connectivity index (χ2v) is 10.1. The smallest absolute Gasteiger partial charge is 0.306 e. The Kier molecular flexibility index (Phi) is 7.18. The highest BCUT2D eigenvalue weighted by atomic mass is 16.6. The molecule has 1 atom stereocenters. The van der Waals surface area contributed by atoms with Crippen molar-refractivity contribution in [3.63, 3.8) is 0 Å². The van der Waals surface area contributed by atoms with Crippen molar-refractivity contribution in [2.24, 2.45) is 0 Å². The van der Waals surface area contributed by atoms with Crippen LogP contribution < -0.4 is 4.74 Å². The lowest BCUT2D eigenvalue weighted by Gasteiger charge is -2.34. The summed E-state index contributed by atoms with van der Waals surface area (Å²) in [5.41, 5.74) is 5.41. The zero-order chi connectivity index (χ0) is 24.3. The maximum atomic E-state index is 11.3. The lowest BCUT2D eigenvalue weighted by atomic mass is 9.70. The monoisotopic (exact) mass is 462 g/mol. The third-order valence-electron chi connectivity index (χ3n) is 7.94. The van der Waals surface area contributed by atoms with E-state index in [9.17, 15) is 9.90 Å². The first-order valence-corrected chi connectivity index (χ1v) is 12.7. The number of aliphatic hydroxyl groups is 1. The molecule has 2 fully saturated rings. The van der Waals surface area contributed by atoms with Crippen LogP contribution in [0, 0.1) is 13.8 Å². The lowest BCUT2D eigenvalue weighted by molar-refractivity contribution is -0.142. The highest BCUT2D eigenvalue weighted by Gasteiger charge is 2.33. The number of carbonyl (C=O) groups is 1. The largest absolute Gasteiger partial charge is 0.489 e. The van der Waals surface area contributed by atoms with Crippen molar-refractivity contribution in [3.05, 3.63) is 70.3 Å². The standard InChI is InChI=1S/C30H38O4/c1-5-30(6-2,24-9-8-23(21(3)18-24)14-17-29(32)15-7-16-29)25-10-12-27(22(4)19-25)33-20-26-11-13-28(31)34-26/h8-10,12,14,17-19,26,32H,5-7,11,13,15-16,20H2,1-4H3/t26-/m0/s1. The molecule has 0 unspecified atom stereocenters. The summed E-state index contributed by atoms with van der Waals surface area (Å²) in [6.45, 7) is 9.16. The third kappa shape index (κ3) is 4.93. The van der Waals surface area contributed by atoms with Crippen LogP contribution in [0.2, 0.25) is 0 Å². The van der Waals surface area contributed by atoms with Crippen molar-refractivity contribution in [3.8, 4) is 5.75 Å². The number of benzene rings is 2. The van der Waals surface area contributed by atoms with E-state index in [0.717, 1.165) is 55.4 Å². The van der Waals surface area contributed by atoms with Crippen LogP contribution in [-0.2, 0) is 14.9 Å². The van der Waals surface area contributed by atoms with Gasteiger partial charge in [0.05, 0.1) is 5.60 Å². The molecule has 0 radical (unpaired) electrons. The summed E-state index contributed by atoms with van der Waals surface area (Å²) < 4.78 is 11.3. The molecule has 34 heavy (non-hydrogen) atoms. The van der Waals surface area contributed by atoms with E-state index in [1.165, 1.54) is 16.7 Å². The average molecular weight is 463 g/mol. The summed E-state index contributed by atoms with van der Waals surface area (Å²) >= 11 is 0. The predicted molar refractivity (Wildman–Crippen MR) is 136 cm³/mol. The molecular formula is C30H38O4. The average Bonchev–Trinajstić information content (AvgIpc) is 3.23. The topological polar surface area (TPSA) is 55.8 Å². The Bertz CT molecular complexity index is 1060. The molecule has 1 aliphatic carbocycles. The second kappa shape index (κ2) is 9.95. The molecule has 4 nitrogen and oxygen atoms in total. The Balaban J connectivity index is 1.55. The molecule has 0 amide bonds. The van der Waals surface area contributed by atoms with Gasteiger partial charge < -0.3 is 14.6 Å². The number of rotatable bonds is 9. The fourth-order valence-electron chi connectivity index (χ4n) is 5.34. The van der Waals surface area contributed by atoms with Gasteiger partial charge in [0, 0.05) is 11.8 Å². The van der Waals surface area contributed by atoms with Gasteiger partial charge in [-0.2, -0.15) is 0 Å². The van der Waals surface area contributed by atoms with E-state index in [1.807, 2.05) is 6.08 Å². The minimum Gasteiger partial charge on any atom is -0.489 e. The van der Waals surface area contributed by atoms with Crippen molar-refractivity contribution in [2.45, 2.75) is 89.8 Å². The predicted octanol–water partition coefficient (Wildman–Crippen LogP) is 6.42. The summed E-state index contributed by atoms with van der Waals surface area (Å²) in [6, 6.07) is 13.2. The van der Waals surface area contributed by atoms with Gasteiger partial charge in [-0.05, 0) is 86.3 Å². The molecule has 1 saturated carbocycles. The summed E-state index contributed by atoms with van der Waals surface area (Å²) in [6.07, 6.45) is 9.94. The summed E-state index contributed by atoms with van der Waals surface area (Å²) in [4.78, 5) is 11.3. The number of hydrogen-bond donors (Lipinski definition) is 1. The minimum atomic E-state index is -0.609. The first kappa shape index (κ1) is 24.5. The molecule has 1 heterocycles. The van der Waals surface area contributed by atoms with Crippen LogP contribution in [0.3, 0.4) is 0 Å². The Hall–Kier alpha value is -2.59. The summed E-state index contributed by atoms with van der Waals surface area (Å²) in [7, 11) is 0. The molecule has 4 heteroatoms. The molecule has 2 aromatic carbocycles. The molecule has 4 rings (SSSR count). The normalized spacial score (nSPS) is 19.8. The quantitative estimate of drug-likeness (QED) is 0.437. The molecule has 2 aliphatic rings. The van der Waals surface area contributed by atoms with E-state index < -0.39 is 5.60 Å². The van der Waals surface area contributed by atoms with Crippen LogP contribution in [0.4, 0.5) is 0 Å². The van der Waals surface area contributed by atoms with Gasteiger partial charge in [0.15, 0.2) is 0 Å². The molecule has 182 valence electrons. The van der Waals surface area contributed by atoms with E-state index in [2.05, 4.69) is 70.2 Å². The van der Waals surface area contributed by atoms with E-state index in [1.54, 1.807) is 0 Å². The first-order valence-electron chi connectivity index (χ1n) is 12.7. The lowest BCUT2D eigenvalue weighted by Crippen LogP contribution is -2.33. The zero-order valence-electron chi connectivity index (χ0n) is 21.0. The zero-order valence-corrected chi connectivity index (χ0v) is 21.0. The van der Waals surface area contributed by atoms with Crippen molar-refractivity contribution >= 4 is 12.0 Å². The molecule has 2 aromatic rings. The van der Waals surface area contributed by atoms with Gasteiger partial charge in [-0.25, -0.2) is 0 Å². The Morgan fingerprint density at radius 3 is 2.29 bits per heavy atom. The van der Waals surface area contributed by atoms with Crippen molar-refractivity contribution < 1.29 is 19.4 Å². The van der Waals surface area contributed by atoms with Gasteiger partial charge in [0.1, 0.15) is 18.5 Å². The number of cyclic esters (lactones) is 1. The van der Waals surface area contributed by atoms with Crippen molar-refractivity contribution in [1.29, 1.82) is 0 Å². The van der Waals surface area contributed by atoms with Gasteiger partial charge in [0.25, 0.3) is 0 Å². The molecule has 1 N–H and O–H groups in total. The molecule has 1 aliphatic heterocycles. The van der Waals surface area contributed by atoms with Crippen LogP contribution >= 0.6 is 0 Å². The maximum Gasteiger partial charge on any atom is 0.306 e. The van der Waals surface area contributed by atoms with E-state index >= 15 is 0 Å². The maximum absolute atomic E-state index is 11.3. The summed E-state index contributed by atoms with van der Waals surface area (Å²) in [5, 5.41) is 10.4. The SMILES string of the molecule is CCC(CC)(c1ccc(C=CC2(O)CCC2)c(C)c1)c1ccc(OC[C@@H]2CCC(=O)O2)c(C)c1. The third-order valence-corrected chi connectivity index (χ3v) is 7.94. The number of aryl methyl sites for hydroxylation is 2. The van der Waals surface area contributed by atoms with Gasteiger partial charge in [-0.1, -0.05) is 56.3 Å². The Morgan fingerprint density at radius 2 is 1.76 bits per heavy atom. The Morgan fingerprint density at radius 1 is 1.09 bits per heavy atom. The van der Waals surface area contributed by atoms with E-state index in [0.29, 0.717) is 13.0 Å². The number of esters is 1. The Labute approximate surface area is 204 Å². The molecule has 0 bridgehead atoms. The minimum absolute atomic E-state index is 0.0799. The number of ether oxygens (including phenoxy) is 2. The van der Waals surface area contributed by atoms with Crippen LogP contribution in [0.1, 0.15) is 86.6 Å². The van der Waals surface area contributed by atoms with Gasteiger partial charge in [-0.15, -0.1) is 0 Å². The number of carbonyl (C=O) groups excluding carboxylic acids is 1. The van der Waals surface area contributed by atoms with Crippen LogP contribution in [0.25, 0.3) is 6.08 Å². The van der Waals surface area contributed by atoms with Crippen LogP contribution in [0.5, 0.6) is 5.75 Å². The fourth-order valence-corrected chi connectivity index (χ4v) is 5.34. The van der Waals surface area contributed by atoms with E-state index in [-0.39, 0.29) is 17.5 Å². The van der Waals surface area contributed by atoms with Gasteiger partial charge >= 0.3 is 5.97 Å². The van der Waals surface area contributed by atoms with Crippen molar-refractivity contribution in [2.75, 3.05) is 6.61 Å². The molecule has 0 aromatic heterocycles. The summed E-state index contributed by atoms with van der Waals surface area (Å²) in [5.74, 6) is 0.713.